The van der Waals surface area contributed by atoms with Crippen LogP contribution in [0.4, 0.5) is 0 Å². The van der Waals surface area contributed by atoms with Crippen molar-refractivity contribution in [1.82, 2.24) is 9.55 Å². The van der Waals surface area contributed by atoms with Crippen molar-refractivity contribution in [2.45, 2.75) is 20.4 Å². The normalized spacial score (nSPS) is 10.9. The molecule has 0 aliphatic rings. The van der Waals surface area contributed by atoms with Crippen LogP contribution in [0.3, 0.4) is 0 Å². The Kier molecular flexibility index (Phi) is 5.86. The molecule has 0 aliphatic heterocycles. The first-order chi connectivity index (χ1) is 15.0. The van der Waals surface area contributed by atoms with Crippen molar-refractivity contribution in [2.75, 3.05) is 13.7 Å². The molecule has 4 aromatic rings. The molecule has 0 saturated heterocycles. The lowest BCUT2D eigenvalue weighted by Gasteiger charge is -2.11. The fraction of sp³-hybridized carbons (Fsp3) is 0.208. The molecule has 0 fully saturated rings. The number of fused-ring (bicyclic) bond motifs is 1. The lowest BCUT2D eigenvalue weighted by Crippen LogP contribution is -2.24. The monoisotopic (exact) mass is 434 g/mol. The van der Waals surface area contributed by atoms with E-state index in [9.17, 15) is 9.59 Å². The van der Waals surface area contributed by atoms with Gasteiger partial charge >= 0.3 is 5.97 Å². The average Bonchev–Trinajstić information content (AvgIpc) is 3.21. The zero-order chi connectivity index (χ0) is 22.0. The highest BCUT2D eigenvalue weighted by atomic mass is 32.1. The van der Waals surface area contributed by atoms with Gasteiger partial charge in [-0.05, 0) is 49.2 Å². The molecule has 2 heterocycles. The molecule has 7 heteroatoms. The van der Waals surface area contributed by atoms with Gasteiger partial charge in [0.05, 0.1) is 31.2 Å². The van der Waals surface area contributed by atoms with Crippen LogP contribution in [0.2, 0.25) is 0 Å². The maximum Gasteiger partial charge on any atom is 0.338 e. The first-order valence-electron chi connectivity index (χ1n) is 9.91. The number of benzene rings is 2. The molecule has 2 aromatic carbocycles. The second kappa shape index (κ2) is 8.73. The summed E-state index contributed by atoms with van der Waals surface area (Å²) >= 11 is 1.46. The van der Waals surface area contributed by atoms with Crippen molar-refractivity contribution >= 4 is 27.5 Å². The van der Waals surface area contributed by atoms with Gasteiger partial charge in [0.1, 0.15) is 16.4 Å². The number of hydrogen-bond acceptors (Lipinski definition) is 6. The Balaban J connectivity index is 1.71. The minimum Gasteiger partial charge on any atom is -0.497 e. The molecule has 158 valence electrons. The number of thiophene rings is 1. The SMILES string of the molecule is CCOC(=O)c1ccc(Cn2c(C)nc3scc(-c4ccc(OC)cc4)c3c2=O)cc1. The van der Waals surface area contributed by atoms with E-state index >= 15 is 0 Å². The lowest BCUT2D eigenvalue weighted by molar-refractivity contribution is 0.0526. The van der Waals surface area contributed by atoms with Crippen LogP contribution in [0.5, 0.6) is 5.75 Å². The van der Waals surface area contributed by atoms with Crippen LogP contribution < -0.4 is 10.3 Å². The van der Waals surface area contributed by atoms with Gasteiger partial charge in [-0.3, -0.25) is 9.36 Å². The molecule has 0 radical (unpaired) electrons. The summed E-state index contributed by atoms with van der Waals surface area (Å²) in [5.41, 5.74) is 3.12. The highest BCUT2D eigenvalue weighted by molar-refractivity contribution is 7.17. The zero-order valence-corrected chi connectivity index (χ0v) is 18.4. The number of aryl methyl sites for hydroxylation is 1. The standard InChI is InChI=1S/C24H22N2O4S/c1-4-30-24(28)18-7-5-16(6-8-18)13-26-15(2)25-22-21(23(26)27)20(14-31-22)17-9-11-19(29-3)12-10-17/h5-12,14H,4,13H2,1-3H3. The van der Waals surface area contributed by atoms with Crippen LogP contribution in [0.25, 0.3) is 21.3 Å². The quantitative estimate of drug-likeness (QED) is 0.413. The van der Waals surface area contributed by atoms with Crippen molar-refractivity contribution in [3.63, 3.8) is 0 Å². The number of carbonyl (C=O) groups excluding carboxylic acids is 1. The third-order valence-corrected chi connectivity index (χ3v) is 5.96. The molecule has 0 amide bonds. The first-order valence-corrected chi connectivity index (χ1v) is 10.8. The van der Waals surface area contributed by atoms with Gasteiger partial charge in [0.15, 0.2) is 0 Å². The summed E-state index contributed by atoms with van der Waals surface area (Å²) in [5.74, 6) is 1.06. The smallest absolute Gasteiger partial charge is 0.338 e. The van der Waals surface area contributed by atoms with Crippen LogP contribution in [0, 0.1) is 6.92 Å². The number of methoxy groups -OCH3 is 1. The summed E-state index contributed by atoms with van der Waals surface area (Å²) in [6, 6.07) is 14.7. The van der Waals surface area contributed by atoms with Crippen molar-refractivity contribution in [1.29, 1.82) is 0 Å². The molecule has 31 heavy (non-hydrogen) atoms. The molecule has 0 N–H and O–H groups in total. The number of aromatic nitrogens is 2. The summed E-state index contributed by atoms with van der Waals surface area (Å²) in [4.78, 5) is 30.7. The van der Waals surface area contributed by atoms with Crippen molar-refractivity contribution in [3.05, 3.63) is 81.2 Å². The van der Waals surface area contributed by atoms with E-state index in [4.69, 9.17) is 9.47 Å². The Bertz CT molecular complexity index is 1290. The Hall–Kier alpha value is -3.45. The highest BCUT2D eigenvalue weighted by Gasteiger charge is 2.16. The number of esters is 1. The molecular formula is C24H22N2O4S. The Labute approximate surface area is 183 Å². The van der Waals surface area contributed by atoms with E-state index in [-0.39, 0.29) is 11.5 Å². The van der Waals surface area contributed by atoms with Gasteiger partial charge in [-0.15, -0.1) is 11.3 Å². The topological polar surface area (TPSA) is 70.4 Å². The molecule has 6 nitrogen and oxygen atoms in total. The zero-order valence-electron chi connectivity index (χ0n) is 17.5. The average molecular weight is 435 g/mol. The van der Waals surface area contributed by atoms with Gasteiger partial charge in [-0.1, -0.05) is 24.3 Å². The van der Waals surface area contributed by atoms with Crippen molar-refractivity contribution in [2.24, 2.45) is 0 Å². The molecule has 0 unspecified atom stereocenters. The largest absolute Gasteiger partial charge is 0.497 e. The van der Waals surface area contributed by atoms with Gasteiger partial charge in [0, 0.05) is 10.9 Å². The van der Waals surface area contributed by atoms with Crippen LogP contribution in [0.15, 0.2) is 58.7 Å². The minimum absolute atomic E-state index is 0.0796. The fourth-order valence-corrected chi connectivity index (χ4v) is 4.42. The number of nitrogens with zero attached hydrogens (tertiary/aromatic N) is 2. The van der Waals surface area contributed by atoms with E-state index < -0.39 is 0 Å². The molecule has 0 atom stereocenters. The van der Waals surface area contributed by atoms with Crippen LogP contribution in [-0.4, -0.2) is 29.2 Å². The van der Waals surface area contributed by atoms with Crippen molar-refractivity contribution in [3.8, 4) is 16.9 Å². The van der Waals surface area contributed by atoms with Gasteiger partial charge in [0.25, 0.3) is 5.56 Å². The molecule has 0 bridgehead atoms. The minimum atomic E-state index is -0.354. The second-order valence-electron chi connectivity index (χ2n) is 7.03. The maximum atomic E-state index is 13.4. The predicted octanol–water partition coefficient (Wildman–Crippen LogP) is 4.67. The number of carbonyl (C=O) groups is 1. The first kappa shape index (κ1) is 20.8. The van der Waals surface area contributed by atoms with Gasteiger partial charge in [-0.25, -0.2) is 9.78 Å². The third-order valence-electron chi connectivity index (χ3n) is 5.09. The van der Waals surface area contributed by atoms with E-state index in [1.165, 1.54) is 11.3 Å². The molecular weight excluding hydrogens is 412 g/mol. The molecule has 0 spiro atoms. The van der Waals surface area contributed by atoms with E-state index in [1.807, 2.05) is 48.7 Å². The lowest BCUT2D eigenvalue weighted by atomic mass is 10.1. The summed E-state index contributed by atoms with van der Waals surface area (Å²) in [6.07, 6.45) is 0. The second-order valence-corrected chi connectivity index (χ2v) is 7.88. The maximum absolute atomic E-state index is 13.4. The van der Waals surface area contributed by atoms with Crippen LogP contribution >= 0.6 is 11.3 Å². The Morgan fingerprint density at radius 2 is 1.81 bits per heavy atom. The van der Waals surface area contributed by atoms with Crippen LogP contribution in [-0.2, 0) is 11.3 Å². The van der Waals surface area contributed by atoms with Gasteiger partial charge in [0.2, 0.25) is 0 Å². The van der Waals surface area contributed by atoms with E-state index in [0.717, 1.165) is 27.3 Å². The van der Waals surface area contributed by atoms with Gasteiger partial charge < -0.3 is 9.47 Å². The summed E-state index contributed by atoms with van der Waals surface area (Å²) in [6.45, 7) is 4.31. The molecule has 0 saturated carbocycles. The Morgan fingerprint density at radius 1 is 1.10 bits per heavy atom. The molecule has 0 aliphatic carbocycles. The number of rotatable bonds is 6. The third kappa shape index (κ3) is 4.09. The molecule has 4 rings (SSSR count). The predicted molar refractivity (Wildman–Crippen MR) is 122 cm³/mol. The summed E-state index contributed by atoms with van der Waals surface area (Å²) in [7, 11) is 1.62. The fourth-order valence-electron chi connectivity index (χ4n) is 3.44. The number of hydrogen-bond donors (Lipinski definition) is 0. The summed E-state index contributed by atoms with van der Waals surface area (Å²) < 4.78 is 11.9. The Morgan fingerprint density at radius 3 is 2.45 bits per heavy atom. The van der Waals surface area contributed by atoms with Gasteiger partial charge in [-0.2, -0.15) is 0 Å². The van der Waals surface area contributed by atoms with Crippen molar-refractivity contribution < 1.29 is 14.3 Å². The van der Waals surface area contributed by atoms with E-state index in [1.54, 1.807) is 30.7 Å². The highest BCUT2D eigenvalue weighted by Crippen LogP contribution is 2.32. The number of ether oxygens (including phenoxy) is 2. The van der Waals surface area contributed by atoms with E-state index in [2.05, 4.69) is 4.98 Å². The molecule has 2 aromatic heterocycles. The van der Waals surface area contributed by atoms with E-state index in [0.29, 0.717) is 29.9 Å². The van der Waals surface area contributed by atoms with Crippen LogP contribution in [0.1, 0.15) is 28.7 Å². The summed E-state index contributed by atoms with van der Waals surface area (Å²) in [5, 5.41) is 2.59.